The van der Waals surface area contributed by atoms with Crippen LogP contribution in [0.1, 0.15) is 46.0 Å². The van der Waals surface area contributed by atoms with E-state index in [-0.39, 0.29) is 26.2 Å². The predicted molar refractivity (Wildman–Crippen MR) is 90.9 cm³/mol. The maximum atomic E-state index is 3.40. The summed E-state index contributed by atoms with van der Waals surface area (Å²) in [4.78, 5) is 0. The molecule has 0 amide bonds. The first-order chi connectivity index (χ1) is 10.4. The van der Waals surface area contributed by atoms with Crippen LogP contribution in [0.15, 0.2) is 11.1 Å². The molecule has 3 fully saturated rings. The van der Waals surface area contributed by atoms with E-state index in [2.05, 4.69) is 26.0 Å². The third kappa shape index (κ3) is 11.0. The van der Waals surface area contributed by atoms with E-state index >= 15 is 0 Å². The van der Waals surface area contributed by atoms with E-state index in [1.807, 2.05) is 64.2 Å². The van der Waals surface area contributed by atoms with Crippen LogP contribution in [0.3, 0.4) is 0 Å². The molecule has 0 bridgehead atoms. The summed E-state index contributed by atoms with van der Waals surface area (Å²) in [6.07, 6.45) is 32.7. The van der Waals surface area contributed by atoms with Gasteiger partial charge in [0, 0.05) is 0 Å². The molecule has 0 atom stereocenters. The van der Waals surface area contributed by atoms with Crippen LogP contribution in [0.2, 0.25) is 0 Å². The van der Waals surface area contributed by atoms with Crippen LogP contribution in [0, 0.1) is 76.4 Å². The van der Waals surface area contributed by atoms with Gasteiger partial charge in [-0.15, -0.1) is 25.7 Å². The molecule has 0 heterocycles. The van der Waals surface area contributed by atoms with Crippen molar-refractivity contribution in [2.45, 2.75) is 46.0 Å². The fourth-order valence-corrected chi connectivity index (χ4v) is 2.20. The molecule has 0 saturated heterocycles. The van der Waals surface area contributed by atoms with Crippen LogP contribution in [0.25, 0.3) is 0 Å². The Morgan fingerprint density at radius 2 is 0.909 bits per heavy atom. The third-order valence-electron chi connectivity index (χ3n) is 3.11. The zero-order valence-electron chi connectivity index (χ0n) is 13.8. The van der Waals surface area contributed by atoms with Crippen LogP contribution in [-0.2, 0) is 26.2 Å². The summed E-state index contributed by atoms with van der Waals surface area (Å²) in [5.74, 6) is 0. The molecule has 22 heavy (non-hydrogen) atoms. The molecule has 0 nitrogen and oxygen atoms in total. The molecule has 0 aliphatic heterocycles. The minimum Gasteiger partial charge on any atom is -0.373 e. The molecule has 3 aliphatic carbocycles. The Hall–Kier alpha value is 0.363. The van der Waals surface area contributed by atoms with Gasteiger partial charge in [-0.2, -0.15) is 0 Å². The molecule has 3 aliphatic rings. The van der Waals surface area contributed by atoms with Crippen molar-refractivity contribution in [3.63, 3.8) is 0 Å². The number of rotatable bonds is 2. The Balaban J connectivity index is 0.000000334. The van der Waals surface area contributed by atoms with E-state index in [0.29, 0.717) is 0 Å². The zero-order valence-corrected chi connectivity index (χ0v) is 16.3. The molecule has 0 unspecified atom stereocenters. The smallest absolute Gasteiger partial charge is 0.373 e. The minimum atomic E-state index is 0. The second-order valence-electron chi connectivity index (χ2n) is 4.80. The van der Waals surface area contributed by atoms with Crippen molar-refractivity contribution in [2.24, 2.45) is 0 Å². The van der Waals surface area contributed by atoms with Crippen molar-refractivity contribution in [2.75, 3.05) is 0 Å². The van der Waals surface area contributed by atoms with Gasteiger partial charge in [-0.25, -0.2) is 0 Å². The van der Waals surface area contributed by atoms with E-state index in [1.165, 1.54) is 30.4 Å². The summed E-state index contributed by atoms with van der Waals surface area (Å²) in [6.45, 7) is 4.30. The maximum Gasteiger partial charge on any atom is 4.00 e. The Morgan fingerprint density at radius 1 is 0.636 bits per heavy atom. The van der Waals surface area contributed by atoms with E-state index in [4.69, 9.17) is 0 Å². The Kier molecular flexibility index (Phi) is 16.5. The summed E-state index contributed by atoms with van der Waals surface area (Å²) in [5, 5.41) is 0. The van der Waals surface area contributed by atoms with Gasteiger partial charge in [0.1, 0.15) is 0 Å². The zero-order chi connectivity index (χ0) is 15.2. The predicted octanol–water partition coefficient (Wildman–Crippen LogP) is 5.49. The molecule has 10 radical (unpaired) electrons. The molecule has 1 heteroatoms. The molecule has 0 spiro atoms. The molecule has 0 N–H and O–H groups in total. The van der Waals surface area contributed by atoms with Crippen LogP contribution in [0.5, 0.6) is 0 Å². The first-order valence-electron chi connectivity index (χ1n) is 7.91. The normalized spacial score (nSPS) is 23.5. The van der Waals surface area contributed by atoms with Crippen molar-refractivity contribution in [3.05, 3.63) is 87.5 Å². The van der Waals surface area contributed by atoms with Crippen LogP contribution in [-0.4, -0.2) is 0 Å². The topological polar surface area (TPSA) is 0 Å². The third-order valence-corrected chi connectivity index (χ3v) is 3.11. The number of allylic oxidation sites excluding steroid dienone is 4. The van der Waals surface area contributed by atoms with Gasteiger partial charge < -0.3 is 23.3 Å². The van der Waals surface area contributed by atoms with Gasteiger partial charge in [0.25, 0.3) is 0 Å². The second-order valence-corrected chi connectivity index (χ2v) is 4.80. The van der Waals surface area contributed by atoms with Crippen molar-refractivity contribution in [3.8, 4) is 0 Å². The molecular formula is C21H26Zr+2. The van der Waals surface area contributed by atoms with E-state index < -0.39 is 0 Å². The summed E-state index contributed by atoms with van der Waals surface area (Å²) in [5.41, 5.74) is 2.88. The van der Waals surface area contributed by atoms with E-state index in [9.17, 15) is 0 Å². The van der Waals surface area contributed by atoms with Gasteiger partial charge in [-0.05, 0) is 64.2 Å². The fraction of sp³-hybridized carbons (Fsp3) is 0.333. The summed E-state index contributed by atoms with van der Waals surface area (Å²) < 4.78 is 0. The molecular weight excluding hydrogens is 343 g/mol. The Bertz CT molecular complexity index is 248. The molecule has 0 aromatic heterocycles. The summed E-state index contributed by atoms with van der Waals surface area (Å²) in [6, 6.07) is 0. The molecule has 0 aromatic rings. The largest absolute Gasteiger partial charge is 4.00 e. The van der Waals surface area contributed by atoms with Crippen molar-refractivity contribution < 1.29 is 26.2 Å². The van der Waals surface area contributed by atoms with E-state index in [0.717, 1.165) is 12.8 Å². The van der Waals surface area contributed by atoms with Gasteiger partial charge in [0.2, 0.25) is 0 Å². The molecule has 3 rings (SSSR count). The van der Waals surface area contributed by atoms with Crippen molar-refractivity contribution >= 4 is 0 Å². The van der Waals surface area contributed by atoms with Crippen LogP contribution < -0.4 is 0 Å². The number of hydrogen-bond donors (Lipinski definition) is 0. The summed E-state index contributed by atoms with van der Waals surface area (Å²) >= 11 is 0. The Labute approximate surface area is 159 Å². The standard InChI is InChI=1S/C11H16.2C5H5.Zr/c1-3-6-10-8-5-9-11(10)7-4-2;2*1-2-4-5-3-1;/h3-5,8-9H2,1-2H3;2*1-5H;/q-2;;;+4. The first-order valence-corrected chi connectivity index (χ1v) is 7.91. The van der Waals surface area contributed by atoms with Gasteiger partial charge in [-0.3, -0.25) is 0 Å². The number of hydrogen-bond acceptors (Lipinski definition) is 0. The minimum absolute atomic E-state index is 0. The van der Waals surface area contributed by atoms with Gasteiger partial charge in [-0.1, -0.05) is 20.3 Å². The SMILES string of the molecule is CC[C-]=C1CCCC1=[C-]CC.[CH]1[CH][CH][CH][CH]1.[CH]1[CH][CH][CH][CH]1.[Zr+4]. The van der Waals surface area contributed by atoms with Crippen molar-refractivity contribution in [1.29, 1.82) is 0 Å². The molecule has 0 aromatic carbocycles. The fourth-order valence-electron chi connectivity index (χ4n) is 2.20. The quantitative estimate of drug-likeness (QED) is 0.565. The maximum absolute atomic E-state index is 3.40. The monoisotopic (exact) mass is 368 g/mol. The van der Waals surface area contributed by atoms with Gasteiger partial charge >= 0.3 is 26.2 Å². The first kappa shape index (κ1) is 22.4. The van der Waals surface area contributed by atoms with Crippen LogP contribution in [0.4, 0.5) is 0 Å². The second kappa shape index (κ2) is 16.2. The molecule has 3 saturated carbocycles. The average molecular weight is 370 g/mol. The van der Waals surface area contributed by atoms with Gasteiger partial charge in [0.05, 0.1) is 0 Å². The van der Waals surface area contributed by atoms with Crippen LogP contribution >= 0.6 is 0 Å². The van der Waals surface area contributed by atoms with Gasteiger partial charge in [0.15, 0.2) is 0 Å². The average Bonchev–Trinajstić information content (AvgIpc) is 3.27. The summed E-state index contributed by atoms with van der Waals surface area (Å²) in [7, 11) is 0. The van der Waals surface area contributed by atoms with Crippen molar-refractivity contribution in [1.82, 2.24) is 0 Å². The molecule has 112 valence electrons. The van der Waals surface area contributed by atoms with E-state index in [1.54, 1.807) is 0 Å². The Morgan fingerprint density at radius 3 is 1.14 bits per heavy atom.